The van der Waals surface area contributed by atoms with Crippen molar-refractivity contribution in [1.29, 1.82) is 0 Å². The lowest BCUT2D eigenvalue weighted by Gasteiger charge is -2.42. The maximum Gasteiger partial charge on any atom is 0.212 e. The molecule has 2 unspecified atom stereocenters. The quantitative estimate of drug-likeness (QED) is 0.171. The average molecular weight is 862 g/mol. The molecule has 0 saturated heterocycles. The fraction of sp³-hybridized carbons (Fsp3) is 0.179. The molecule has 4 aliphatic rings. The van der Waals surface area contributed by atoms with Crippen LogP contribution in [0.1, 0.15) is 56.0 Å². The van der Waals surface area contributed by atoms with Crippen molar-refractivity contribution >= 4 is 69.7 Å². The van der Waals surface area contributed by atoms with Crippen LogP contribution in [0.4, 0.5) is 11.6 Å². The first-order valence-electron chi connectivity index (χ1n) is 24.0. The highest BCUT2D eigenvalue weighted by atomic mass is 16.5. The van der Waals surface area contributed by atoms with E-state index in [1.165, 1.54) is 55.6 Å². The average Bonchev–Trinajstić information content (AvgIpc) is 3.83. The van der Waals surface area contributed by atoms with Gasteiger partial charge in [0.15, 0.2) is 0 Å². The van der Waals surface area contributed by atoms with Gasteiger partial charge in [0.05, 0.1) is 75.9 Å². The monoisotopic (exact) mass is 862 g/mol. The molecule has 0 N–H and O–H groups in total. The highest BCUT2D eigenvalue weighted by Gasteiger charge is 2.46. The Labute approximate surface area is 400 Å². The number of rotatable bonds is 4. The van der Waals surface area contributed by atoms with E-state index in [-0.39, 0.29) is 33.1 Å². The summed E-state index contributed by atoms with van der Waals surface area (Å²) in [7, 11) is 13.8. The molecular formula is C56H52B6N4O. The van der Waals surface area contributed by atoms with Crippen molar-refractivity contribution < 1.29 is 4.74 Å². The summed E-state index contributed by atoms with van der Waals surface area (Å²) in [4.78, 5) is 12.9. The topological polar surface area (TPSA) is 43.2 Å². The van der Waals surface area contributed by atoms with Gasteiger partial charge in [-0.2, -0.15) is 0 Å². The first-order valence-corrected chi connectivity index (χ1v) is 24.0. The van der Waals surface area contributed by atoms with E-state index in [2.05, 4.69) is 236 Å². The second kappa shape index (κ2) is 14.5. The summed E-state index contributed by atoms with van der Waals surface area (Å²) >= 11 is 0. The highest BCUT2D eigenvalue weighted by molar-refractivity contribution is 6.59. The van der Waals surface area contributed by atoms with E-state index in [1.807, 2.05) is 6.20 Å². The zero-order valence-corrected chi connectivity index (χ0v) is 40.4. The van der Waals surface area contributed by atoms with Gasteiger partial charge < -0.3 is 14.2 Å². The summed E-state index contributed by atoms with van der Waals surface area (Å²) in [5.41, 5.74) is 19.3. The van der Waals surface area contributed by atoms with E-state index in [9.17, 15) is 0 Å². The SMILES string of the molecule is BC(B)(B)c1ccc2c(c1)Oc1cc(C(B)(B)B)c(-c3ccc4c(c3)-c3ccccc3-c3ncccc3-c3ccc(N5c6nc7ccccc7n6C6C=CC=CC65)cc3-4)cc1C(C)(C)C2(C)C. The minimum Gasteiger partial charge on any atom is -0.457 e. The number of fused-ring (bicyclic) bond motifs is 15. The van der Waals surface area contributed by atoms with Crippen molar-refractivity contribution in [2.45, 2.75) is 60.8 Å². The number of allylic oxidation sites excluding steroid dienone is 2. The minimum atomic E-state index is -0.276. The summed E-state index contributed by atoms with van der Waals surface area (Å²) < 4.78 is 9.59. The summed E-state index contributed by atoms with van der Waals surface area (Å²) in [6.45, 7) is 9.57. The van der Waals surface area contributed by atoms with Crippen LogP contribution in [0.25, 0.3) is 66.8 Å². The highest BCUT2D eigenvalue weighted by Crippen LogP contribution is 2.56. The van der Waals surface area contributed by atoms with Crippen molar-refractivity contribution in [3.8, 4) is 67.3 Å². The van der Waals surface area contributed by atoms with Gasteiger partial charge in [-0.1, -0.05) is 146 Å². The third-order valence-corrected chi connectivity index (χ3v) is 15.8. The van der Waals surface area contributed by atoms with E-state index in [1.54, 1.807) is 0 Å². The van der Waals surface area contributed by atoms with Gasteiger partial charge in [-0.05, 0) is 93.5 Å². The number of hydrogen-bond acceptors (Lipinski definition) is 4. The molecule has 6 aromatic carbocycles. The molecule has 0 bridgehead atoms. The lowest BCUT2D eigenvalue weighted by molar-refractivity contribution is 0.306. The Morgan fingerprint density at radius 1 is 0.552 bits per heavy atom. The summed E-state index contributed by atoms with van der Waals surface area (Å²) in [6, 6.07) is 47.8. The third-order valence-electron chi connectivity index (χ3n) is 15.8. The summed E-state index contributed by atoms with van der Waals surface area (Å²) in [5.74, 6) is 2.87. The molecule has 2 aliphatic heterocycles. The lowest BCUT2D eigenvalue weighted by atomic mass is 9.39. The molecule has 0 fully saturated rings. The Morgan fingerprint density at radius 2 is 1.21 bits per heavy atom. The number of anilines is 2. The Morgan fingerprint density at radius 3 is 2.00 bits per heavy atom. The summed E-state index contributed by atoms with van der Waals surface area (Å²) in [5, 5.41) is -0.188. The van der Waals surface area contributed by atoms with Gasteiger partial charge in [-0.25, -0.2) is 4.98 Å². The fourth-order valence-corrected chi connectivity index (χ4v) is 11.4. The van der Waals surface area contributed by atoms with Crippen LogP contribution >= 0.6 is 0 Å². The van der Waals surface area contributed by atoms with Gasteiger partial charge in [-0.3, -0.25) is 4.98 Å². The van der Waals surface area contributed by atoms with Gasteiger partial charge in [0.1, 0.15) is 11.5 Å². The van der Waals surface area contributed by atoms with Crippen molar-refractivity contribution in [3.05, 3.63) is 180 Å². The number of aromatic nitrogens is 3. The molecule has 2 aromatic heterocycles. The number of imidazole rings is 1. The van der Waals surface area contributed by atoms with Crippen molar-refractivity contribution in [2.24, 2.45) is 0 Å². The standard InChI is InChI=1S/C56H52B6N4O/c1-53(2)42-24-20-32(55(57,58)59)27-49(42)67-50-30-43(56(60,61)62)39(29-44(50)54(53,3)4)31-19-22-36-40(26-31)34-12-5-6-13-37(34)51-38(14-11-25-63-51)35-23-21-33(28-41(35)36)65-47-17-9-10-18-48(47)66-46-16-8-7-15-45(46)64-52(65)66/h5-30,47-48H,57-62H2,1-4H3. The van der Waals surface area contributed by atoms with Crippen LogP contribution in [0, 0.1) is 0 Å². The largest absolute Gasteiger partial charge is 0.457 e. The molecule has 0 spiro atoms. The predicted octanol–water partition coefficient (Wildman–Crippen LogP) is 7.65. The van der Waals surface area contributed by atoms with Crippen molar-refractivity contribution in [3.63, 3.8) is 0 Å². The molecule has 0 amide bonds. The Kier molecular flexibility index (Phi) is 9.02. The molecule has 0 radical (unpaired) electrons. The molecule has 8 aromatic rings. The minimum absolute atomic E-state index is 0.00306. The molecule has 4 heterocycles. The zero-order chi connectivity index (χ0) is 46.4. The first-order chi connectivity index (χ1) is 32.0. The van der Waals surface area contributed by atoms with E-state index in [0.717, 1.165) is 56.6 Å². The van der Waals surface area contributed by atoms with E-state index >= 15 is 0 Å². The number of benzene rings is 6. The van der Waals surface area contributed by atoms with E-state index in [4.69, 9.17) is 14.7 Å². The Balaban J connectivity index is 1.08. The normalized spacial score (nSPS) is 18.1. The maximum atomic E-state index is 7.18. The van der Waals surface area contributed by atoms with Crippen LogP contribution < -0.4 is 9.64 Å². The van der Waals surface area contributed by atoms with Gasteiger partial charge >= 0.3 is 0 Å². The molecule has 2 aliphatic carbocycles. The van der Waals surface area contributed by atoms with Crippen molar-refractivity contribution in [1.82, 2.24) is 14.5 Å². The van der Waals surface area contributed by atoms with Crippen LogP contribution in [0.15, 0.2) is 158 Å². The molecule has 2 atom stereocenters. The molecule has 67 heavy (non-hydrogen) atoms. The predicted molar refractivity (Wildman–Crippen MR) is 295 cm³/mol. The molecule has 5 nitrogen and oxygen atoms in total. The van der Waals surface area contributed by atoms with Gasteiger partial charge in [0.25, 0.3) is 0 Å². The lowest BCUT2D eigenvalue weighted by Crippen LogP contribution is -2.40. The van der Waals surface area contributed by atoms with Gasteiger partial charge in [0, 0.05) is 45.0 Å². The second-order valence-electron chi connectivity index (χ2n) is 22.3. The van der Waals surface area contributed by atoms with Crippen LogP contribution in [0.3, 0.4) is 0 Å². The number of pyridine rings is 1. The fourth-order valence-electron chi connectivity index (χ4n) is 11.4. The van der Waals surface area contributed by atoms with Gasteiger partial charge in [-0.15, -0.1) is 0 Å². The third kappa shape index (κ3) is 6.22. The Hall–Kier alpha value is -6.59. The number of ether oxygens (including phenoxy) is 1. The van der Waals surface area contributed by atoms with Crippen molar-refractivity contribution in [2.75, 3.05) is 4.90 Å². The maximum absolute atomic E-state index is 7.18. The summed E-state index contributed by atoms with van der Waals surface area (Å²) in [6.07, 6.45) is 10.9. The number of nitrogens with zero attached hydrogens (tertiary/aromatic N) is 4. The molecule has 320 valence electrons. The van der Waals surface area contributed by atoms with E-state index in [0.29, 0.717) is 0 Å². The van der Waals surface area contributed by atoms with Crippen LogP contribution in [0.5, 0.6) is 11.5 Å². The van der Waals surface area contributed by atoms with E-state index < -0.39 is 0 Å². The molecule has 12 rings (SSSR count). The van der Waals surface area contributed by atoms with Crippen LogP contribution in [-0.4, -0.2) is 67.7 Å². The Bertz CT molecular complexity index is 3470. The molecule has 0 saturated carbocycles. The zero-order valence-electron chi connectivity index (χ0n) is 40.4. The smallest absolute Gasteiger partial charge is 0.212 e. The second-order valence-corrected chi connectivity index (χ2v) is 22.3. The van der Waals surface area contributed by atoms with Crippen LogP contribution in [-0.2, 0) is 21.1 Å². The first kappa shape index (κ1) is 41.8. The number of para-hydroxylation sites is 2. The number of hydrogen-bond donors (Lipinski definition) is 0. The van der Waals surface area contributed by atoms with Crippen LogP contribution in [0.2, 0.25) is 0 Å². The molecular weight excluding hydrogens is 810 g/mol. The van der Waals surface area contributed by atoms with Gasteiger partial charge in [0.2, 0.25) is 5.95 Å². The molecule has 11 heteroatoms.